The van der Waals surface area contributed by atoms with Crippen molar-refractivity contribution in [3.8, 4) is 0 Å². The molecule has 0 radical (unpaired) electrons. The number of hydrogen-bond acceptors (Lipinski definition) is 6. The molecule has 2 aliphatic heterocycles. The number of nitrogens with zero attached hydrogens (tertiary/aromatic N) is 3. The molecule has 9 heteroatoms. The van der Waals surface area contributed by atoms with Gasteiger partial charge in [0.1, 0.15) is 11.5 Å². The lowest BCUT2D eigenvalue weighted by molar-refractivity contribution is -0.159. The predicted molar refractivity (Wildman–Crippen MR) is 98.6 cm³/mol. The first kappa shape index (κ1) is 20.2. The van der Waals surface area contributed by atoms with Crippen LogP contribution in [0.15, 0.2) is 29.4 Å². The Labute approximate surface area is 160 Å². The third-order valence-corrected chi connectivity index (χ3v) is 7.18. The normalized spacial score (nSPS) is 23.3. The smallest absolute Gasteiger partial charge is 0.248 e. The van der Waals surface area contributed by atoms with E-state index in [0.29, 0.717) is 39.0 Å². The van der Waals surface area contributed by atoms with Crippen LogP contribution in [-0.2, 0) is 24.3 Å². The average molecular weight is 397 g/mol. The summed E-state index contributed by atoms with van der Waals surface area (Å²) < 4.78 is 38.8. The molecule has 1 atom stereocenters. The maximum Gasteiger partial charge on any atom is 0.248 e. The number of carbonyl (C=O) groups excluding carboxylic acids is 1. The van der Waals surface area contributed by atoms with Crippen molar-refractivity contribution in [2.75, 3.05) is 40.4 Å². The van der Waals surface area contributed by atoms with Crippen molar-refractivity contribution in [3.63, 3.8) is 0 Å². The van der Waals surface area contributed by atoms with E-state index in [4.69, 9.17) is 9.47 Å². The maximum atomic E-state index is 12.7. The summed E-state index contributed by atoms with van der Waals surface area (Å²) in [6, 6.07) is 3.19. The van der Waals surface area contributed by atoms with Crippen LogP contribution in [0.4, 0.5) is 0 Å². The molecule has 150 valence electrons. The van der Waals surface area contributed by atoms with E-state index in [1.165, 1.54) is 15.4 Å². The van der Waals surface area contributed by atoms with E-state index < -0.39 is 10.0 Å². The predicted octanol–water partition coefficient (Wildman–Crippen LogP) is 0.889. The molecule has 2 fully saturated rings. The number of ether oxygens (including phenoxy) is 2. The highest BCUT2D eigenvalue weighted by molar-refractivity contribution is 7.89. The molecule has 0 N–H and O–H groups in total. The average Bonchev–Trinajstić information content (AvgIpc) is 2.67. The van der Waals surface area contributed by atoms with Gasteiger partial charge in [0.25, 0.3) is 0 Å². The molecule has 27 heavy (non-hydrogen) atoms. The zero-order valence-electron chi connectivity index (χ0n) is 15.8. The van der Waals surface area contributed by atoms with Crippen molar-refractivity contribution < 1.29 is 22.7 Å². The number of carbonyl (C=O) groups is 1. The summed E-state index contributed by atoms with van der Waals surface area (Å²) >= 11 is 0. The summed E-state index contributed by atoms with van der Waals surface area (Å²) in [4.78, 5) is 17.4. The van der Waals surface area contributed by atoms with E-state index in [2.05, 4.69) is 4.98 Å². The molecule has 2 saturated heterocycles. The molecule has 2 aliphatic rings. The topological polar surface area (TPSA) is 89.0 Å². The zero-order valence-corrected chi connectivity index (χ0v) is 16.7. The summed E-state index contributed by atoms with van der Waals surface area (Å²) in [5.41, 5.74) is -0.370. The number of amides is 1. The Morgan fingerprint density at radius 2 is 2.15 bits per heavy atom. The molecule has 1 spiro atoms. The van der Waals surface area contributed by atoms with Gasteiger partial charge in [0.2, 0.25) is 15.9 Å². The van der Waals surface area contributed by atoms with E-state index in [0.717, 1.165) is 6.42 Å². The number of sulfonamides is 1. The van der Waals surface area contributed by atoms with Crippen molar-refractivity contribution >= 4 is 15.9 Å². The van der Waals surface area contributed by atoms with Gasteiger partial charge in [0.05, 0.1) is 11.7 Å². The molecule has 3 rings (SSSR count). The van der Waals surface area contributed by atoms with Crippen molar-refractivity contribution in [2.45, 2.75) is 42.3 Å². The van der Waals surface area contributed by atoms with E-state index in [9.17, 15) is 13.2 Å². The van der Waals surface area contributed by atoms with Crippen molar-refractivity contribution in [1.29, 1.82) is 0 Å². The molecule has 1 unspecified atom stereocenters. The highest BCUT2D eigenvalue weighted by Gasteiger charge is 2.43. The number of hydrogen-bond donors (Lipinski definition) is 0. The Balaban J connectivity index is 1.58. The SMILES string of the molecule is CN(C)C(=O)COC1CCOC2(CCN(S(=O)(=O)c3cccnc3)CC2)C1. The lowest BCUT2D eigenvalue weighted by Gasteiger charge is -2.45. The Hall–Kier alpha value is -1.55. The number of piperidine rings is 1. The second kappa shape index (κ2) is 8.22. The molecule has 0 bridgehead atoms. The van der Waals surface area contributed by atoms with Gasteiger partial charge in [-0.15, -0.1) is 0 Å². The van der Waals surface area contributed by atoms with Gasteiger partial charge in [0, 0.05) is 52.6 Å². The molecule has 0 saturated carbocycles. The van der Waals surface area contributed by atoms with Gasteiger partial charge in [-0.25, -0.2) is 8.42 Å². The lowest BCUT2D eigenvalue weighted by atomic mass is 9.84. The maximum absolute atomic E-state index is 12.7. The van der Waals surface area contributed by atoms with Crippen molar-refractivity contribution in [2.24, 2.45) is 0 Å². The minimum Gasteiger partial charge on any atom is -0.375 e. The summed E-state index contributed by atoms with van der Waals surface area (Å²) in [6.07, 6.45) is 5.57. The minimum atomic E-state index is -3.53. The van der Waals surface area contributed by atoms with E-state index in [1.54, 1.807) is 32.4 Å². The second-order valence-corrected chi connectivity index (χ2v) is 9.28. The van der Waals surface area contributed by atoms with Crippen LogP contribution in [0, 0.1) is 0 Å². The van der Waals surface area contributed by atoms with Crippen molar-refractivity contribution in [3.05, 3.63) is 24.5 Å². The van der Waals surface area contributed by atoms with Crippen LogP contribution < -0.4 is 0 Å². The number of aromatic nitrogens is 1. The molecule has 3 heterocycles. The summed E-state index contributed by atoms with van der Waals surface area (Å²) in [5.74, 6) is -0.0621. The van der Waals surface area contributed by atoms with Gasteiger partial charge in [-0.05, 0) is 31.4 Å². The molecule has 8 nitrogen and oxygen atoms in total. The Morgan fingerprint density at radius 1 is 1.41 bits per heavy atom. The van der Waals surface area contributed by atoms with Gasteiger partial charge in [-0.1, -0.05) is 0 Å². The van der Waals surface area contributed by atoms with Crippen LogP contribution in [0.2, 0.25) is 0 Å². The molecule has 1 aromatic rings. The first-order chi connectivity index (χ1) is 12.8. The van der Waals surface area contributed by atoms with Crippen LogP contribution in [0.25, 0.3) is 0 Å². The molecule has 1 amide bonds. The van der Waals surface area contributed by atoms with Crippen LogP contribution >= 0.6 is 0 Å². The molecular formula is C18H27N3O5S. The van der Waals surface area contributed by atoms with Crippen molar-refractivity contribution in [1.82, 2.24) is 14.2 Å². The van der Waals surface area contributed by atoms with E-state index >= 15 is 0 Å². The van der Waals surface area contributed by atoms with Gasteiger partial charge < -0.3 is 14.4 Å². The molecule has 1 aromatic heterocycles. The molecule has 0 aliphatic carbocycles. The first-order valence-corrected chi connectivity index (χ1v) is 10.6. The van der Waals surface area contributed by atoms with Gasteiger partial charge >= 0.3 is 0 Å². The third kappa shape index (κ3) is 4.66. The standard InChI is InChI=1S/C18H27N3O5S/c1-20(2)17(22)14-25-15-5-11-26-18(12-15)6-9-21(10-7-18)27(23,24)16-4-3-8-19-13-16/h3-4,8,13,15H,5-7,9-12,14H2,1-2H3. The third-order valence-electron chi connectivity index (χ3n) is 5.29. The lowest BCUT2D eigenvalue weighted by Crippen LogP contribution is -2.52. The highest BCUT2D eigenvalue weighted by atomic mass is 32.2. The highest BCUT2D eigenvalue weighted by Crippen LogP contribution is 2.37. The minimum absolute atomic E-state index is 0.0378. The number of likely N-dealkylation sites (N-methyl/N-ethyl adjacent to an activating group) is 1. The largest absolute Gasteiger partial charge is 0.375 e. The Kier molecular flexibility index (Phi) is 6.15. The monoisotopic (exact) mass is 397 g/mol. The van der Waals surface area contributed by atoms with Gasteiger partial charge in [-0.3, -0.25) is 9.78 Å². The van der Waals surface area contributed by atoms with Gasteiger partial charge in [-0.2, -0.15) is 4.31 Å². The Morgan fingerprint density at radius 3 is 2.78 bits per heavy atom. The fourth-order valence-corrected chi connectivity index (χ4v) is 4.98. The van der Waals surface area contributed by atoms with Crippen LogP contribution in [-0.4, -0.2) is 80.6 Å². The molecular weight excluding hydrogens is 370 g/mol. The molecule has 0 aromatic carbocycles. The second-order valence-electron chi connectivity index (χ2n) is 7.34. The fraction of sp³-hybridized carbons (Fsp3) is 0.667. The van der Waals surface area contributed by atoms with E-state index in [1.807, 2.05) is 0 Å². The Bertz CT molecular complexity index is 746. The summed E-state index contributed by atoms with van der Waals surface area (Å²) in [7, 11) is -0.120. The van der Waals surface area contributed by atoms with E-state index in [-0.39, 0.29) is 29.1 Å². The van der Waals surface area contributed by atoms with Crippen LogP contribution in [0.3, 0.4) is 0 Å². The summed E-state index contributed by atoms with van der Waals surface area (Å²) in [5, 5.41) is 0. The zero-order chi connectivity index (χ0) is 19.5. The quantitative estimate of drug-likeness (QED) is 0.733. The number of pyridine rings is 1. The van der Waals surface area contributed by atoms with Gasteiger partial charge in [0.15, 0.2) is 0 Å². The van der Waals surface area contributed by atoms with Crippen LogP contribution in [0.5, 0.6) is 0 Å². The first-order valence-electron chi connectivity index (χ1n) is 9.18. The fourth-order valence-electron chi connectivity index (χ4n) is 3.57. The van der Waals surface area contributed by atoms with Crippen LogP contribution in [0.1, 0.15) is 25.7 Å². The number of rotatable bonds is 5. The summed E-state index contributed by atoms with van der Waals surface area (Å²) in [6.45, 7) is 1.44.